The summed E-state index contributed by atoms with van der Waals surface area (Å²) in [4.78, 5) is 24.8. The van der Waals surface area contributed by atoms with Gasteiger partial charge in [0.1, 0.15) is 12.0 Å². The lowest BCUT2D eigenvalue weighted by Crippen LogP contribution is -2.52. The van der Waals surface area contributed by atoms with Gasteiger partial charge in [0, 0.05) is 48.3 Å². The van der Waals surface area contributed by atoms with Crippen molar-refractivity contribution in [2.24, 2.45) is 11.3 Å². The van der Waals surface area contributed by atoms with Gasteiger partial charge in [0.25, 0.3) is 6.43 Å². The van der Waals surface area contributed by atoms with Crippen molar-refractivity contribution in [2.75, 3.05) is 24.7 Å². The second-order valence-electron chi connectivity index (χ2n) is 12.3. The van der Waals surface area contributed by atoms with Crippen LogP contribution in [0.1, 0.15) is 94.0 Å². The van der Waals surface area contributed by atoms with Crippen LogP contribution in [0.3, 0.4) is 0 Å². The van der Waals surface area contributed by atoms with Gasteiger partial charge in [0.2, 0.25) is 17.7 Å². The first kappa shape index (κ1) is 25.8. The molecule has 0 spiro atoms. The number of rotatable bonds is 8. The zero-order valence-corrected chi connectivity index (χ0v) is 22.5. The highest BCUT2D eigenvalue weighted by Crippen LogP contribution is 2.58. The molecule has 1 aliphatic heterocycles. The molecule has 1 amide bonds. The summed E-state index contributed by atoms with van der Waals surface area (Å²) < 4.78 is 43.0. The number of fused-ring (bicyclic) bond motifs is 3. The Hall–Kier alpha value is -3.14. The summed E-state index contributed by atoms with van der Waals surface area (Å²) in [5.74, 6) is 2.26. The fraction of sp³-hybridized carbons (Fsp3) is 0.600. The maximum absolute atomic E-state index is 14.0. The van der Waals surface area contributed by atoms with Crippen LogP contribution in [0, 0.1) is 11.3 Å². The van der Waals surface area contributed by atoms with Crippen molar-refractivity contribution in [2.45, 2.75) is 82.0 Å². The molecule has 212 valence electrons. The van der Waals surface area contributed by atoms with Crippen molar-refractivity contribution < 1.29 is 27.3 Å². The third-order valence-electron chi connectivity index (χ3n) is 9.72. The Morgan fingerprint density at radius 1 is 1.02 bits per heavy atom. The van der Waals surface area contributed by atoms with Gasteiger partial charge in [-0.3, -0.25) is 4.79 Å². The second-order valence-corrected chi connectivity index (χ2v) is 12.3. The van der Waals surface area contributed by atoms with Crippen LogP contribution in [0.15, 0.2) is 39.5 Å². The first-order chi connectivity index (χ1) is 19.4. The summed E-state index contributed by atoms with van der Waals surface area (Å²) in [5.41, 5.74) is 0.872. The number of hydrogen-bond donors (Lipinski definition) is 0. The number of carbonyl (C=O) groups is 1. The molecule has 1 aromatic carbocycles. The van der Waals surface area contributed by atoms with Gasteiger partial charge in [-0.15, -0.1) is 0 Å². The van der Waals surface area contributed by atoms with Gasteiger partial charge in [0.15, 0.2) is 5.82 Å². The molecular weight excluding hydrogens is 518 g/mol. The molecule has 5 aliphatic rings. The third-order valence-corrected chi connectivity index (χ3v) is 9.72. The second kappa shape index (κ2) is 10.0. The topological polar surface area (TPSA) is 94.5 Å². The molecule has 0 atom stereocenters. The number of benzene rings is 1. The first-order valence-corrected chi connectivity index (χ1v) is 14.5. The maximum Gasteiger partial charge on any atom is 0.283 e. The lowest BCUT2D eigenvalue weighted by Gasteiger charge is -2.53. The monoisotopic (exact) mass is 552 g/mol. The highest BCUT2D eigenvalue weighted by atomic mass is 19.3. The molecule has 4 saturated carbocycles. The smallest absolute Gasteiger partial charge is 0.283 e. The molecule has 3 aromatic rings. The van der Waals surface area contributed by atoms with Gasteiger partial charge >= 0.3 is 0 Å². The van der Waals surface area contributed by atoms with E-state index in [0.717, 1.165) is 75.0 Å². The predicted octanol–water partition coefficient (Wildman–Crippen LogP) is 6.59. The molecule has 2 aromatic heterocycles. The van der Waals surface area contributed by atoms with E-state index in [0.29, 0.717) is 44.1 Å². The minimum atomic E-state index is -2.71. The summed E-state index contributed by atoms with van der Waals surface area (Å²) in [6.45, 7) is 1.78. The van der Waals surface area contributed by atoms with Crippen molar-refractivity contribution in [1.29, 1.82) is 0 Å². The standard InChI is InChI=1S/C30H34F2N4O4/c31-24(32)23-17-39-26(33-23)21-2-1-3-22(16-21)36(27(37)20-6-14-38-15-7-20)18-29-8-11-30(12-9-29,13-10-29)28-34-25(35-40-28)19-4-5-19/h1-3,16-17,19-20,24H,4-15,18H2. The number of halogens is 2. The van der Waals surface area contributed by atoms with E-state index >= 15 is 0 Å². The fourth-order valence-electron chi connectivity index (χ4n) is 6.90. The third kappa shape index (κ3) is 4.74. The maximum atomic E-state index is 14.0. The van der Waals surface area contributed by atoms with Crippen LogP contribution < -0.4 is 4.90 Å². The van der Waals surface area contributed by atoms with E-state index in [9.17, 15) is 13.6 Å². The molecule has 4 aliphatic carbocycles. The zero-order chi connectivity index (χ0) is 27.3. The molecule has 5 fully saturated rings. The molecule has 8 rings (SSSR count). The number of hydrogen-bond acceptors (Lipinski definition) is 7. The van der Waals surface area contributed by atoms with Gasteiger partial charge < -0.3 is 18.6 Å². The number of anilines is 1. The Bertz CT molecular complexity index is 1350. The molecule has 8 nitrogen and oxygen atoms in total. The molecule has 0 unspecified atom stereocenters. The molecule has 3 heterocycles. The number of nitrogens with zero attached hydrogens (tertiary/aromatic N) is 4. The Kier molecular flexibility index (Phi) is 6.48. The highest BCUT2D eigenvalue weighted by molar-refractivity contribution is 5.95. The van der Waals surface area contributed by atoms with Gasteiger partial charge in [-0.2, -0.15) is 4.98 Å². The molecule has 2 bridgehead atoms. The van der Waals surface area contributed by atoms with Crippen molar-refractivity contribution in [3.05, 3.63) is 47.9 Å². The van der Waals surface area contributed by atoms with Gasteiger partial charge in [-0.05, 0) is 87.8 Å². The lowest BCUT2D eigenvalue weighted by atomic mass is 9.53. The van der Waals surface area contributed by atoms with E-state index in [4.69, 9.17) is 18.7 Å². The summed E-state index contributed by atoms with van der Waals surface area (Å²) >= 11 is 0. The van der Waals surface area contributed by atoms with E-state index < -0.39 is 12.1 Å². The number of aromatic nitrogens is 3. The van der Waals surface area contributed by atoms with E-state index in [-0.39, 0.29) is 28.5 Å². The average Bonchev–Trinajstić information content (AvgIpc) is 3.50. The van der Waals surface area contributed by atoms with Gasteiger partial charge in [0.05, 0.1) is 0 Å². The van der Waals surface area contributed by atoms with Crippen LogP contribution in [-0.2, 0) is 14.9 Å². The van der Waals surface area contributed by atoms with Crippen LogP contribution in [0.5, 0.6) is 0 Å². The number of ether oxygens (including phenoxy) is 1. The van der Waals surface area contributed by atoms with Crippen molar-refractivity contribution in [1.82, 2.24) is 15.1 Å². The summed E-state index contributed by atoms with van der Waals surface area (Å²) in [5, 5.41) is 4.28. The quantitative estimate of drug-likeness (QED) is 0.311. The SMILES string of the molecule is O=C(C1CCOCC1)N(CC12CCC(c3nc(C4CC4)no3)(CC1)CC2)c1cccc(-c2nc(C(F)F)co2)c1. The van der Waals surface area contributed by atoms with Crippen LogP contribution >= 0.6 is 0 Å². The number of alkyl halides is 2. The van der Waals surface area contributed by atoms with E-state index in [2.05, 4.69) is 10.1 Å². The minimum absolute atomic E-state index is 0.00367. The Morgan fingerprint density at radius 3 is 2.45 bits per heavy atom. The summed E-state index contributed by atoms with van der Waals surface area (Å²) in [7, 11) is 0. The molecule has 10 heteroatoms. The van der Waals surface area contributed by atoms with Crippen molar-refractivity contribution in [3.63, 3.8) is 0 Å². The van der Waals surface area contributed by atoms with Crippen LogP contribution in [0.2, 0.25) is 0 Å². The predicted molar refractivity (Wildman–Crippen MR) is 141 cm³/mol. The van der Waals surface area contributed by atoms with Crippen molar-refractivity contribution >= 4 is 11.6 Å². The summed E-state index contributed by atoms with van der Waals surface area (Å²) in [6, 6.07) is 7.36. The van der Waals surface area contributed by atoms with Crippen LogP contribution in [-0.4, -0.2) is 40.8 Å². The van der Waals surface area contributed by atoms with Crippen molar-refractivity contribution in [3.8, 4) is 11.5 Å². The van der Waals surface area contributed by atoms with E-state index in [1.807, 2.05) is 23.1 Å². The molecular formula is C30H34F2N4O4. The molecule has 40 heavy (non-hydrogen) atoms. The average molecular weight is 553 g/mol. The fourth-order valence-corrected chi connectivity index (χ4v) is 6.90. The first-order valence-electron chi connectivity index (χ1n) is 14.5. The van der Waals surface area contributed by atoms with Gasteiger partial charge in [-0.1, -0.05) is 11.2 Å². The Morgan fingerprint density at radius 2 is 1.77 bits per heavy atom. The lowest BCUT2D eigenvalue weighted by molar-refractivity contribution is -0.126. The van der Waals surface area contributed by atoms with E-state index in [1.165, 1.54) is 0 Å². The molecule has 1 saturated heterocycles. The zero-order valence-electron chi connectivity index (χ0n) is 22.5. The van der Waals surface area contributed by atoms with E-state index in [1.54, 1.807) is 6.07 Å². The van der Waals surface area contributed by atoms with Crippen LogP contribution in [0.25, 0.3) is 11.5 Å². The number of amides is 1. The molecule has 0 radical (unpaired) electrons. The Balaban J connectivity index is 1.14. The van der Waals surface area contributed by atoms with Crippen LogP contribution in [0.4, 0.5) is 14.5 Å². The Labute approximate surface area is 231 Å². The largest absolute Gasteiger partial charge is 0.444 e. The molecule has 0 N–H and O–H groups in total. The minimum Gasteiger partial charge on any atom is -0.444 e. The highest BCUT2D eigenvalue weighted by Gasteiger charge is 2.53. The van der Waals surface area contributed by atoms with Gasteiger partial charge in [-0.25, -0.2) is 13.8 Å². The normalized spacial score (nSPS) is 26.9. The summed E-state index contributed by atoms with van der Waals surface area (Å²) in [6.07, 6.45) is 7.88. The number of oxazole rings is 1. The number of carbonyl (C=O) groups excluding carboxylic acids is 1.